The van der Waals surface area contributed by atoms with Gasteiger partial charge in [0.2, 0.25) is 5.91 Å². The molecule has 0 radical (unpaired) electrons. The van der Waals surface area contributed by atoms with E-state index in [4.69, 9.17) is 11.6 Å². The number of halogens is 1. The minimum Gasteiger partial charge on any atom is -0.354 e. The smallest absolute Gasteiger partial charge is 0.237 e. The Balaban J connectivity index is 2.47. The molecule has 0 aliphatic rings. The monoisotopic (exact) mass is 281 g/mol. The number of carbonyl (C=O) groups excluding carboxylic acids is 1. The predicted octanol–water partition coefficient (Wildman–Crippen LogP) is 1.27. The maximum absolute atomic E-state index is 11.7. The molecular weight excluding hydrogens is 270 g/mol. The number of amides is 1. The molecule has 1 N–H and O–H groups in total. The highest BCUT2D eigenvalue weighted by atomic mass is 35.5. The van der Waals surface area contributed by atoms with E-state index in [-0.39, 0.29) is 18.2 Å². The fourth-order valence-electron chi connectivity index (χ4n) is 0.990. The van der Waals surface area contributed by atoms with Crippen LogP contribution in [-0.2, 0) is 14.6 Å². The Labute approximate surface area is 104 Å². The lowest BCUT2D eigenvalue weighted by atomic mass is 10.4. The third kappa shape index (κ3) is 3.77. The summed E-state index contributed by atoms with van der Waals surface area (Å²) in [4.78, 5) is 11.1. The molecule has 0 fully saturated rings. The van der Waals surface area contributed by atoms with Gasteiger partial charge in [-0.15, -0.1) is 22.9 Å². The molecule has 1 atom stereocenters. The summed E-state index contributed by atoms with van der Waals surface area (Å²) >= 11 is 6.69. The van der Waals surface area contributed by atoms with Crippen LogP contribution in [0.4, 0.5) is 0 Å². The molecule has 1 heterocycles. The second-order valence-corrected chi connectivity index (χ2v) is 7.10. The zero-order chi connectivity index (χ0) is 12.2. The molecule has 0 spiro atoms. The highest BCUT2D eigenvalue weighted by Gasteiger charge is 2.16. The van der Waals surface area contributed by atoms with Gasteiger partial charge in [-0.3, -0.25) is 4.79 Å². The topological polar surface area (TPSA) is 63.2 Å². The van der Waals surface area contributed by atoms with Crippen LogP contribution in [-0.4, -0.2) is 32.0 Å². The normalized spacial score (nSPS) is 13.4. The molecule has 0 saturated carbocycles. The van der Waals surface area contributed by atoms with E-state index in [1.807, 2.05) is 0 Å². The van der Waals surface area contributed by atoms with Gasteiger partial charge in [0.15, 0.2) is 9.84 Å². The zero-order valence-electron chi connectivity index (χ0n) is 8.64. The molecule has 4 nitrogen and oxygen atoms in total. The molecule has 0 aliphatic heterocycles. The fraction of sp³-hybridized carbons (Fsp3) is 0.444. The molecule has 1 aromatic heterocycles. The van der Waals surface area contributed by atoms with Crippen molar-refractivity contribution in [3.63, 3.8) is 0 Å². The van der Waals surface area contributed by atoms with Crippen molar-refractivity contribution >= 4 is 38.7 Å². The van der Waals surface area contributed by atoms with Crippen molar-refractivity contribution in [1.82, 2.24) is 5.32 Å². The van der Waals surface area contributed by atoms with E-state index in [1.165, 1.54) is 18.3 Å². The van der Waals surface area contributed by atoms with Gasteiger partial charge in [0, 0.05) is 6.54 Å². The van der Waals surface area contributed by atoms with Crippen molar-refractivity contribution in [1.29, 1.82) is 0 Å². The lowest BCUT2D eigenvalue weighted by Gasteiger charge is -2.06. The van der Waals surface area contributed by atoms with Crippen molar-refractivity contribution in [2.45, 2.75) is 16.5 Å². The summed E-state index contributed by atoms with van der Waals surface area (Å²) in [6.45, 7) is 1.61. The van der Waals surface area contributed by atoms with E-state index < -0.39 is 15.2 Å². The maximum Gasteiger partial charge on any atom is 0.237 e. The molecule has 1 amide bonds. The largest absolute Gasteiger partial charge is 0.354 e. The summed E-state index contributed by atoms with van der Waals surface area (Å²) in [5.41, 5.74) is 0. The summed E-state index contributed by atoms with van der Waals surface area (Å²) in [5.74, 6) is -0.467. The van der Waals surface area contributed by atoms with Crippen LogP contribution in [0.15, 0.2) is 21.7 Å². The van der Waals surface area contributed by atoms with Gasteiger partial charge in [-0.05, 0) is 18.4 Å². The summed E-state index contributed by atoms with van der Waals surface area (Å²) in [6.07, 6.45) is 0. The lowest BCUT2D eigenvalue weighted by molar-refractivity contribution is -0.120. The van der Waals surface area contributed by atoms with Crippen LogP contribution in [0.5, 0.6) is 0 Å². The molecule has 1 rings (SSSR count). The van der Waals surface area contributed by atoms with Crippen LogP contribution in [0.3, 0.4) is 0 Å². The minimum atomic E-state index is -3.28. The number of carbonyl (C=O) groups is 1. The maximum atomic E-state index is 11.7. The first kappa shape index (κ1) is 13.5. The highest BCUT2D eigenvalue weighted by molar-refractivity contribution is 7.93. The van der Waals surface area contributed by atoms with Gasteiger partial charge in [-0.25, -0.2) is 8.42 Å². The van der Waals surface area contributed by atoms with Crippen molar-refractivity contribution < 1.29 is 13.2 Å². The first-order valence-corrected chi connectivity index (χ1v) is 7.58. The average molecular weight is 282 g/mol. The van der Waals surface area contributed by atoms with Crippen molar-refractivity contribution in [2.24, 2.45) is 0 Å². The Kier molecular flexibility index (Phi) is 4.76. The van der Waals surface area contributed by atoms with E-state index in [0.717, 1.165) is 0 Å². The molecule has 0 aliphatic carbocycles. The second kappa shape index (κ2) is 5.65. The number of rotatable bonds is 5. The average Bonchev–Trinajstić information content (AvgIpc) is 2.70. The van der Waals surface area contributed by atoms with Crippen LogP contribution in [0, 0.1) is 0 Å². The SMILES string of the molecule is CC(Cl)C(=O)NCCS(=O)(=O)c1cccs1. The molecule has 7 heteroatoms. The van der Waals surface area contributed by atoms with Crippen LogP contribution < -0.4 is 5.32 Å². The Morgan fingerprint density at radius 1 is 1.62 bits per heavy atom. The summed E-state index contributed by atoms with van der Waals surface area (Å²) in [7, 11) is -3.28. The summed E-state index contributed by atoms with van der Waals surface area (Å²) in [5, 5.41) is 3.51. The lowest BCUT2D eigenvalue weighted by Crippen LogP contribution is -2.33. The first-order chi connectivity index (χ1) is 7.43. The molecule has 1 aromatic rings. The number of alkyl halides is 1. The van der Waals surface area contributed by atoms with Crippen molar-refractivity contribution in [3.05, 3.63) is 17.5 Å². The Bertz CT molecular complexity index is 439. The van der Waals surface area contributed by atoms with Crippen LogP contribution in [0.1, 0.15) is 6.92 Å². The van der Waals surface area contributed by atoms with Gasteiger partial charge in [0.1, 0.15) is 9.59 Å². The molecule has 16 heavy (non-hydrogen) atoms. The Morgan fingerprint density at radius 2 is 2.31 bits per heavy atom. The number of hydrogen-bond donors (Lipinski definition) is 1. The molecular formula is C9H12ClNO3S2. The van der Waals surface area contributed by atoms with Gasteiger partial charge < -0.3 is 5.32 Å². The quantitative estimate of drug-likeness (QED) is 0.827. The number of sulfone groups is 1. The summed E-state index contributed by atoms with van der Waals surface area (Å²) in [6, 6.07) is 3.23. The highest BCUT2D eigenvalue weighted by Crippen LogP contribution is 2.16. The van der Waals surface area contributed by atoms with Gasteiger partial charge in [0.25, 0.3) is 0 Å². The van der Waals surface area contributed by atoms with Crippen LogP contribution >= 0.6 is 22.9 Å². The van der Waals surface area contributed by atoms with E-state index >= 15 is 0 Å². The zero-order valence-corrected chi connectivity index (χ0v) is 11.0. The number of hydrogen-bond acceptors (Lipinski definition) is 4. The van der Waals surface area contributed by atoms with Gasteiger partial charge in [-0.1, -0.05) is 6.07 Å². The third-order valence-electron chi connectivity index (χ3n) is 1.83. The molecule has 0 saturated heterocycles. The predicted molar refractivity (Wildman–Crippen MR) is 64.7 cm³/mol. The molecule has 1 unspecified atom stereocenters. The number of nitrogens with one attached hydrogen (secondary N) is 1. The van der Waals surface area contributed by atoms with E-state index in [2.05, 4.69) is 5.32 Å². The van der Waals surface area contributed by atoms with Crippen LogP contribution in [0.2, 0.25) is 0 Å². The Morgan fingerprint density at radius 3 is 2.81 bits per heavy atom. The minimum absolute atomic E-state index is 0.0795. The second-order valence-electron chi connectivity index (χ2n) is 3.16. The van der Waals surface area contributed by atoms with E-state index in [1.54, 1.807) is 17.5 Å². The fourth-order valence-corrected chi connectivity index (χ4v) is 3.38. The van der Waals surface area contributed by atoms with Crippen LogP contribution in [0.25, 0.3) is 0 Å². The standard InChI is InChI=1S/C9H12ClNO3S2/c1-7(10)9(12)11-4-6-16(13,14)8-3-2-5-15-8/h2-3,5,7H,4,6H2,1H3,(H,11,12). The summed E-state index contributed by atoms with van der Waals surface area (Å²) < 4.78 is 23.7. The van der Waals surface area contributed by atoms with Gasteiger partial charge >= 0.3 is 0 Å². The molecule has 90 valence electrons. The van der Waals surface area contributed by atoms with Gasteiger partial charge in [0.05, 0.1) is 5.75 Å². The van der Waals surface area contributed by atoms with E-state index in [9.17, 15) is 13.2 Å². The first-order valence-electron chi connectivity index (χ1n) is 4.61. The molecule has 0 aromatic carbocycles. The number of thiophene rings is 1. The Hall–Kier alpha value is -0.590. The van der Waals surface area contributed by atoms with Crippen molar-refractivity contribution in [3.8, 4) is 0 Å². The van der Waals surface area contributed by atoms with Crippen molar-refractivity contribution in [2.75, 3.05) is 12.3 Å². The van der Waals surface area contributed by atoms with Gasteiger partial charge in [-0.2, -0.15) is 0 Å². The molecule has 0 bridgehead atoms. The third-order valence-corrected chi connectivity index (χ3v) is 5.23. The van der Waals surface area contributed by atoms with E-state index in [0.29, 0.717) is 4.21 Å².